The Kier molecular flexibility index (Phi) is 6.96. The first kappa shape index (κ1) is 22.4. The van der Waals surface area contributed by atoms with Gasteiger partial charge in [0.25, 0.3) is 0 Å². The molecule has 0 bridgehead atoms. The van der Waals surface area contributed by atoms with Gasteiger partial charge in [0.2, 0.25) is 5.88 Å². The average Bonchev–Trinajstić information content (AvgIpc) is 3.16. The number of nitrogens with one attached hydrogen (secondary N) is 1. The number of aromatic hydroxyl groups is 1. The maximum Gasteiger partial charge on any atom is 0.490 e. The van der Waals surface area contributed by atoms with Crippen LogP contribution in [-0.2, 0) is 4.79 Å². The molecule has 1 aromatic heterocycles. The molecule has 9 heteroatoms. The molecule has 6 nitrogen and oxygen atoms in total. The molecule has 4 rings (SSSR count). The highest BCUT2D eigenvalue weighted by molar-refractivity contribution is 5.73. The van der Waals surface area contributed by atoms with Crippen LogP contribution in [0.4, 0.5) is 13.2 Å². The fourth-order valence-corrected chi connectivity index (χ4v) is 3.42. The third-order valence-electron chi connectivity index (χ3n) is 4.94. The first-order chi connectivity index (χ1) is 14.8. The molecular weight excluding hydrogens is 411 g/mol. The lowest BCUT2D eigenvalue weighted by molar-refractivity contribution is -0.192. The van der Waals surface area contributed by atoms with Crippen LogP contribution in [0.5, 0.6) is 5.88 Å². The second-order valence-electron chi connectivity index (χ2n) is 7.08. The maximum atomic E-state index is 10.6. The van der Waals surface area contributed by atoms with E-state index >= 15 is 0 Å². The Balaban J connectivity index is 0.000000339. The number of halogens is 3. The largest absolute Gasteiger partial charge is 0.492 e. The van der Waals surface area contributed by atoms with Crippen molar-refractivity contribution in [2.45, 2.75) is 24.9 Å². The molecule has 3 aromatic rings. The molecule has 0 unspecified atom stereocenters. The van der Waals surface area contributed by atoms with Gasteiger partial charge in [-0.15, -0.1) is 5.10 Å². The van der Waals surface area contributed by atoms with Crippen molar-refractivity contribution >= 4 is 5.97 Å². The summed E-state index contributed by atoms with van der Waals surface area (Å²) < 4.78 is 33.6. The molecule has 3 N–H and O–H groups in total. The van der Waals surface area contributed by atoms with E-state index in [4.69, 9.17) is 9.90 Å². The molecule has 0 radical (unpaired) electrons. The van der Waals surface area contributed by atoms with Crippen LogP contribution in [0.3, 0.4) is 0 Å². The van der Waals surface area contributed by atoms with Crippen LogP contribution in [-0.4, -0.2) is 45.2 Å². The predicted molar refractivity (Wildman–Crippen MR) is 109 cm³/mol. The molecule has 31 heavy (non-hydrogen) atoms. The zero-order valence-electron chi connectivity index (χ0n) is 16.5. The second kappa shape index (κ2) is 9.65. The van der Waals surface area contributed by atoms with Crippen LogP contribution < -0.4 is 5.32 Å². The van der Waals surface area contributed by atoms with Crippen LogP contribution in [0.2, 0.25) is 0 Å². The summed E-state index contributed by atoms with van der Waals surface area (Å²) in [6.07, 6.45) is -2.93. The van der Waals surface area contributed by atoms with Crippen LogP contribution in [0, 0.1) is 0 Å². The highest BCUT2D eigenvalue weighted by Crippen LogP contribution is 2.30. The molecule has 1 saturated heterocycles. The number of piperidine rings is 1. The van der Waals surface area contributed by atoms with Gasteiger partial charge >= 0.3 is 12.1 Å². The van der Waals surface area contributed by atoms with Gasteiger partial charge in [-0.3, -0.25) is 0 Å². The Morgan fingerprint density at radius 1 is 1.00 bits per heavy atom. The number of carboxylic acids is 1. The van der Waals surface area contributed by atoms with Crippen LogP contribution >= 0.6 is 0 Å². The first-order valence-electron chi connectivity index (χ1n) is 9.71. The Labute approximate surface area is 177 Å². The van der Waals surface area contributed by atoms with E-state index < -0.39 is 12.1 Å². The van der Waals surface area contributed by atoms with E-state index in [-0.39, 0.29) is 5.88 Å². The van der Waals surface area contributed by atoms with Crippen molar-refractivity contribution in [3.63, 3.8) is 0 Å². The average molecular weight is 433 g/mol. The summed E-state index contributed by atoms with van der Waals surface area (Å²) in [5, 5.41) is 24.7. The summed E-state index contributed by atoms with van der Waals surface area (Å²) in [5.74, 6) is -2.23. The smallest absolute Gasteiger partial charge is 0.490 e. The van der Waals surface area contributed by atoms with E-state index in [1.807, 2.05) is 22.9 Å². The van der Waals surface area contributed by atoms with Crippen molar-refractivity contribution in [1.82, 2.24) is 15.1 Å². The zero-order valence-corrected chi connectivity index (χ0v) is 16.5. The van der Waals surface area contributed by atoms with Gasteiger partial charge in [-0.25, -0.2) is 9.48 Å². The normalized spacial score (nSPS) is 14.5. The molecule has 0 saturated carbocycles. The van der Waals surface area contributed by atoms with E-state index in [0.29, 0.717) is 5.92 Å². The molecular formula is C22H22F3N3O3. The number of carboxylic acid groups (broad SMARTS) is 1. The molecule has 0 atom stereocenters. The minimum absolute atomic E-state index is 0.0932. The highest BCUT2D eigenvalue weighted by Gasteiger charge is 2.38. The number of aliphatic carboxylic acids is 1. The molecule has 0 spiro atoms. The molecule has 1 fully saturated rings. The Morgan fingerprint density at radius 2 is 1.55 bits per heavy atom. The zero-order chi connectivity index (χ0) is 22.4. The van der Waals surface area contributed by atoms with Crippen molar-refractivity contribution < 1.29 is 28.2 Å². The van der Waals surface area contributed by atoms with Crippen molar-refractivity contribution in [2.24, 2.45) is 0 Å². The van der Waals surface area contributed by atoms with Crippen LogP contribution in [0.15, 0.2) is 60.7 Å². The lowest BCUT2D eigenvalue weighted by Gasteiger charge is -2.23. The number of aromatic nitrogens is 2. The molecule has 0 aliphatic carbocycles. The van der Waals surface area contributed by atoms with E-state index in [2.05, 4.69) is 46.8 Å². The van der Waals surface area contributed by atoms with Gasteiger partial charge in [-0.05, 0) is 49.2 Å². The van der Waals surface area contributed by atoms with Crippen molar-refractivity contribution in [1.29, 1.82) is 0 Å². The number of rotatable bonds is 3. The van der Waals surface area contributed by atoms with E-state index in [0.717, 1.165) is 37.3 Å². The number of hydrogen-bond acceptors (Lipinski definition) is 4. The van der Waals surface area contributed by atoms with E-state index in [1.54, 1.807) is 6.07 Å². The van der Waals surface area contributed by atoms with E-state index in [1.165, 1.54) is 11.1 Å². The summed E-state index contributed by atoms with van der Waals surface area (Å²) in [6.45, 7) is 2.03. The summed E-state index contributed by atoms with van der Waals surface area (Å²) in [4.78, 5) is 8.90. The fourth-order valence-electron chi connectivity index (χ4n) is 3.42. The summed E-state index contributed by atoms with van der Waals surface area (Å²) in [6, 6.07) is 20.5. The van der Waals surface area contributed by atoms with Crippen LogP contribution in [0.1, 0.15) is 24.5 Å². The van der Waals surface area contributed by atoms with Crippen molar-refractivity contribution in [3.05, 3.63) is 66.4 Å². The van der Waals surface area contributed by atoms with Gasteiger partial charge in [0, 0.05) is 12.0 Å². The molecule has 2 heterocycles. The van der Waals surface area contributed by atoms with Gasteiger partial charge in [0.1, 0.15) is 0 Å². The summed E-state index contributed by atoms with van der Waals surface area (Å²) in [7, 11) is 0. The maximum absolute atomic E-state index is 10.6. The Hall–Kier alpha value is -3.33. The van der Waals surface area contributed by atoms with Crippen molar-refractivity contribution in [2.75, 3.05) is 13.1 Å². The van der Waals surface area contributed by atoms with Gasteiger partial charge in [-0.1, -0.05) is 42.5 Å². The number of alkyl halides is 3. The number of nitrogens with zero attached hydrogens (tertiary/aromatic N) is 2. The molecule has 1 aliphatic heterocycles. The highest BCUT2D eigenvalue weighted by atomic mass is 19.4. The molecule has 0 amide bonds. The number of hydrogen-bond donors (Lipinski definition) is 3. The summed E-state index contributed by atoms with van der Waals surface area (Å²) in [5.41, 5.74) is 4.47. The summed E-state index contributed by atoms with van der Waals surface area (Å²) >= 11 is 0. The lowest BCUT2D eigenvalue weighted by Crippen LogP contribution is -2.27. The standard InChI is InChI=1S/C20H21N3O.C2HF3O2/c24-20-14-19(17-10-12-21-13-11-17)23(22-20)18-8-6-16(7-9-18)15-4-2-1-3-5-15;3-2(4,5)1(6)7/h1-9,14,17,21H,10-13H2,(H,22,24);(H,6,7). The Morgan fingerprint density at radius 3 is 2.10 bits per heavy atom. The van der Waals surface area contributed by atoms with Gasteiger partial charge in [-0.2, -0.15) is 13.2 Å². The lowest BCUT2D eigenvalue weighted by atomic mass is 9.94. The minimum atomic E-state index is -5.08. The van der Waals surface area contributed by atoms with Gasteiger partial charge in [0.15, 0.2) is 0 Å². The fraction of sp³-hybridized carbons (Fsp3) is 0.273. The van der Waals surface area contributed by atoms with Gasteiger partial charge < -0.3 is 15.5 Å². The predicted octanol–water partition coefficient (Wildman–Crippen LogP) is 4.35. The van der Waals surface area contributed by atoms with Crippen molar-refractivity contribution in [3.8, 4) is 22.7 Å². The topological polar surface area (TPSA) is 87.4 Å². The van der Waals surface area contributed by atoms with Gasteiger partial charge in [0.05, 0.1) is 11.4 Å². The first-order valence-corrected chi connectivity index (χ1v) is 9.71. The SMILES string of the molecule is O=C(O)C(F)(F)F.Oc1cc(C2CCNCC2)n(-c2ccc(-c3ccccc3)cc2)n1. The van der Waals surface area contributed by atoms with E-state index in [9.17, 15) is 18.3 Å². The van der Waals surface area contributed by atoms with Crippen LogP contribution in [0.25, 0.3) is 16.8 Å². The third-order valence-corrected chi connectivity index (χ3v) is 4.94. The number of carbonyl (C=O) groups is 1. The monoisotopic (exact) mass is 433 g/mol. The third kappa shape index (κ3) is 5.85. The minimum Gasteiger partial charge on any atom is -0.492 e. The molecule has 2 aromatic carbocycles. The second-order valence-corrected chi connectivity index (χ2v) is 7.08. The molecule has 1 aliphatic rings. The number of benzene rings is 2. The molecule has 164 valence electrons. The quantitative estimate of drug-likeness (QED) is 0.572. The Bertz CT molecular complexity index is 996.